The second-order valence-electron chi connectivity index (χ2n) is 8.41. The molecule has 4 rings (SSSR count). The molecule has 32 heavy (non-hydrogen) atoms. The lowest BCUT2D eigenvalue weighted by molar-refractivity contribution is -0.116. The Balaban J connectivity index is 1.17. The van der Waals surface area contributed by atoms with Gasteiger partial charge in [0.15, 0.2) is 0 Å². The van der Waals surface area contributed by atoms with Crippen LogP contribution in [-0.2, 0) is 17.6 Å². The third-order valence-corrected chi connectivity index (χ3v) is 6.06. The molecule has 2 heterocycles. The first-order valence-corrected chi connectivity index (χ1v) is 11.6. The molecule has 1 aliphatic heterocycles. The molecule has 0 unspecified atom stereocenters. The van der Waals surface area contributed by atoms with Crippen molar-refractivity contribution < 1.29 is 4.79 Å². The third kappa shape index (κ3) is 6.66. The Morgan fingerprint density at radius 1 is 0.906 bits per heavy atom. The highest BCUT2D eigenvalue weighted by Crippen LogP contribution is 2.22. The molecule has 5 heteroatoms. The Hall–Kier alpha value is -3.18. The number of benzene rings is 2. The number of rotatable bonds is 9. The molecule has 1 amide bonds. The topological polar surface area (TPSA) is 57.3 Å². The number of nitrogens with one attached hydrogen (secondary N) is 2. The zero-order valence-corrected chi connectivity index (χ0v) is 18.5. The van der Waals surface area contributed by atoms with Crippen molar-refractivity contribution >= 4 is 17.3 Å². The van der Waals surface area contributed by atoms with Gasteiger partial charge in [-0.3, -0.25) is 9.78 Å². The SMILES string of the molecule is O=C(CCc1ccccc1)Nc1ccc(N2CCC(NCCc3cccnc3)CC2)cc1. The van der Waals surface area contributed by atoms with Crippen molar-refractivity contribution in [3.05, 3.63) is 90.3 Å². The van der Waals surface area contributed by atoms with Gasteiger partial charge in [0.1, 0.15) is 0 Å². The van der Waals surface area contributed by atoms with E-state index in [0.717, 1.165) is 51.0 Å². The normalized spacial score (nSPS) is 14.3. The van der Waals surface area contributed by atoms with Gasteiger partial charge in [-0.2, -0.15) is 0 Å². The number of hydrogen-bond acceptors (Lipinski definition) is 4. The number of hydrogen-bond donors (Lipinski definition) is 2. The van der Waals surface area contributed by atoms with Crippen molar-refractivity contribution in [1.29, 1.82) is 0 Å². The highest BCUT2D eigenvalue weighted by atomic mass is 16.1. The van der Waals surface area contributed by atoms with Gasteiger partial charge in [-0.25, -0.2) is 0 Å². The zero-order valence-electron chi connectivity index (χ0n) is 18.5. The molecule has 3 aromatic rings. The van der Waals surface area contributed by atoms with E-state index in [4.69, 9.17) is 0 Å². The van der Waals surface area contributed by atoms with Gasteiger partial charge in [-0.15, -0.1) is 0 Å². The van der Waals surface area contributed by atoms with Crippen LogP contribution in [0.5, 0.6) is 0 Å². The van der Waals surface area contributed by atoms with Crippen LogP contribution in [0.4, 0.5) is 11.4 Å². The molecule has 2 aromatic carbocycles. The zero-order chi connectivity index (χ0) is 22.0. The Morgan fingerprint density at radius 3 is 2.38 bits per heavy atom. The van der Waals surface area contributed by atoms with E-state index in [1.807, 2.05) is 48.8 Å². The van der Waals surface area contributed by atoms with Crippen LogP contribution in [0.25, 0.3) is 0 Å². The van der Waals surface area contributed by atoms with Gasteiger partial charge in [-0.1, -0.05) is 36.4 Å². The average Bonchev–Trinajstić information content (AvgIpc) is 2.85. The maximum Gasteiger partial charge on any atom is 0.224 e. The van der Waals surface area contributed by atoms with E-state index in [2.05, 4.69) is 50.8 Å². The molecule has 0 bridgehead atoms. The highest BCUT2D eigenvalue weighted by Gasteiger charge is 2.19. The van der Waals surface area contributed by atoms with Crippen LogP contribution in [0, 0.1) is 0 Å². The fraction of sp³-hybridized carbons (Fsp3) is 0.333. The van der Waals surface area contributed by atoms with E-state index in [-0.39, 0.29) is 5.91 Å². The number of piperidine rings is 1. The van der Waals surface area contributed by atoms with Crippen LogP contribution >= 0.6 is 0 Å². The fourth-order valence-electron chi connectivity index (χ4n) is 4.19. The van der Waals surface area contributed by atoms with E-state index in [1.165, 1.54) is 16.8 Å². The molecule has 1 aliphatic rings. The van der Waals surface area contributed by atoms with Gasteiger partial charge < -0.3 is 15.5 Å². The lowest BCUT2D eigenvalue weighted by atomic mass is 10.0. The summed E-state index contributed by atoms with van der Waals surface area (Å²) in [6, 6.07) is 23.1. The summed E-state index contributed by atoms with van der Waals surface area (Å²) in [6.45, 7) is 3.09. The molecular weight excluding hydrogens is 396 g/mol. The van der Waals surface area contributed by atoms with Gasteiger partial charge in [-0.05, 0) is 73.7 Å². The summed E-state index contributed by atoms with van der Waals surface area (Å²) in [6.07, 6.45) is 8.32. The molecule has 0 aliphatic carbocycles. The van der Waals surface area contributed by atoms with Crippen molar-refractivity contribution in [2.75, 3.05) is 29.9 Å². The van der Waals surface area contributed by atoms with Gasteiger partial charge in [0.2, 0.25) is 5.91 Å². The van der Waals surface area contributed by atoms with E-state index in [0.29, 0.717) is 12.5 Å². The maximum atomic E-state index is 12.3. The number of amides is 1. The van der Waals surface area contributed by atoms with Crippen LogP contribution in [0.15, 0.2) is 79.1 Å². The molecule has 1 fully saturated rings. The average molecular weight is 429 g/mol. The highest BCUT2D eigenvalue weighted by molar-refractivity contribution is 5.91. The Bertz CT molecular complexity index is 952. The smallest absolute Gasteiger partial charge is 0.224 e. The van der Waals surface area contributed by atoms with E-state index in [9.17, 15) is 4.79 Å². The van der Waals surface area contributed by atoms with Crippen LogP contribution in [-0.4, -0.2) is 36.6 Å². The standard InChI is InChI=1S/C27H32N4O/c32-27(13-8-22-5-2-1-3-6-22)30-25-9-11-26(12-10-25)31-19-15-24(16-20-31)29-18-14-23-7-4-17-28-21-23/h1-7,9-12,17,21,24,29H,8,13-16,18-20H2,(H,30,32). The number of nitrogens with zero attached hydrogens (tertiary/aromatic N) is 2. The summed E-state index contributed by atoms with van der Waals surface area (Å²) < 4.78 is 0. The van der Waals surface area contributed by atoms with Crippen molar-refractivity contribution in [2.45, 2.75) is 38.1 Å². The molecule has 1 aromatic heterocycles. The monoisotopic (exact) mass is 428 g/mol. The third-order valence-electron chi connectivity index (χ3n) is 6.06. The number of pyridine rings is 1. The lowest BCUT2D eigenvalue weighted by Crippen LogP contribution is -2.43. The summed E-state index contributed by atoms with van der Waals surface area (Å²) in [5.74, 6) is 0.0553. The lowest BCUT2D eigenvalue weighted by Gasteiger charge is -2.34. The van der Waals surface area contributed by atoms with Crippen molar-refractivity contribution in [1.82, 2.24) is 10.3 Å². The number of aryl methyl sites for hydroxylation is 1. The Kier molecular flexibility index (Phi) is 7.88. The van der Waals surface area contributed by atoms with Gasteiger partial charge in [0.25, 0.3) is 0 Å². The van der Waals surface area contributed by atoms with Crippen molar-refractivity contribution in [3.63, 3.8) is 0 Å². The summed E-state index contributed by atoms with van der Waals surface area (Å²) >= 11 is 0. The summed E-state index contributed by atoms with van der Waals surface area (Å²) in [5, 5.41) is 6.71. The van der Waals surface area contributed by atoms with E-state index >= 15 is 0 Å². The Labute approximate surface area is 190 Å². The summed E-state index contributed by atoms with van der Waals surface area (Å²) in [7, 11) is 0. The first kappa shape index (κ1) is 22.0. The fourth-order valence-corrected chi connectivity index (χ4v) is 4.19. The molecular formula is C27H32N4O. The van der Waals surface area contributed by atoms with Gasteiger partial charge in [0.05, 0.1) is 0 Å². The number of anilines is 2. The Morgan fingerprint density at radius 2 is 1.66 bits per heavy atom. The number of carbonyl (C=O) groups is 1. The van der Waals surface area contributed by atoms with Crippen molar-refractivity contribution in [2.24, 2.45) is 0 Å². The molecule has 2 N–H and O–H groups in total. The second kappa shape index (κ2) is 11.4. The van der Waals surface area contributed by atoms with Crippen molar-refractivity contribution in [3.8, 4) is 0 Å². The molecule has 1 saturated heterocycles. The summed E-state index contributed by atoms with van der Waals surface area (Å²) in [5.41, 5.74) is 4.55. The van der Waals surface area contributed by atoms with Crippen LogP contribution in [0.1, 0.15) is 30.4 Å². The largest absolute Gasteiger partial charge is 0.371 e. The molecule has 0 atom stereocenters. The predicted octanol–water partition coefficient (Wildman–Crippen LogP) is 4.45. The molecule has 0 radical (unpaired) electrons. The molecule has 5 nitrogen and oxygen atoms in total. The predicted molar refractivity (Wildman–Crippen MR) is 131 cm³/mol. The quantitative estimate of drug-likeness (QED) is 0.529. The van der Waals surface area contributed by atoms with Crippen LogP contribution in [0.3, 0.4) is 0 Å². The minimum Gasteiger partial charge on any atom is -0.371 e. The first-order valence-electron chi connectivity index (χ1n) is 11.6. The van der Waals surface area contributed by atoms with E-state index in [1.54, 1.807) is 0 Å². The van der Waals surface area contributed by atoms with Crippen LogP contribution < -0.4 is 15.5 Å². The number of aromatic nitrogens is 1. The second-order valence-corrected chi connectivity index (χ2v) is 8.41. The molecule has 166 valence electrons. The molecule has 0 spiro atoms. The first-order chi connectivity index (χ1) is 15.8. The maximum absolute atomic E-state index is 12.3. The minimum absolute atomic E-state index is 0.0553. The molecule has 0 saturated carbocycles. The minimum atomic E-state index is 0.0553. The van der Waals surface area contributed by atoms with Gasteiger partial charge >= 0.3 is 0 Å². The van der Waals surface area contributed by atoms with Gasteiger partial charge in [0, 0.05) is 49.3 Å². The van der Waals surface area contributed by atoms with Crippen LogP contribution in [0.2, 0.25) is 0 Å². The number of carbonyl (C=O) groups excluding carboxylic acids is 1. The summed E-state index contributed by atoms with van der Waals surface area (Å²) in [4.78, 5) is 18.9. The van der Waals surface area contributed by atoms with E-state index < -0.39 is 0 Å².